The minimum Gasteiger partial charge on any atom is -0.497 e. The van der Waals surface area contributed by atoms with E-state index in [9.17, 15) is 13.2 Å². The number of likely N-dealkylation sites (tertiary alicyclic amines) is 1. The molecule has 4 rings (SSSR count). The Morgan fingerprint density at radius 2 is 1.53 bits per heavy atom. The van der Waals surface area contributed by atoms with Crippen LogP contribution in [0.25, 0.3) is 0 Å². The Bertz CT molecular complexity index is 1050. The third-order valence-electron chi connectivity index (χ3n) is 7.39. The van der Waals surface area contributed by atoms with E-state index >= 15 is 0 Å². The molecule has 2 aromatic rings. The van der Waals surface area contributed by atoms with Gasteiger partial charge in [-0.05, 0) is 81.2 Å². The number of aryl methyl sites for hydroxylation is 2. The first-order chi connectivity index (χ1) is 16.4. The minimum absolute atomic E-state index is 0.0774. The van der Waals surface area contributed by atoms with Gasteiger partial charge in [0.05, 0.1) is 12.0 Å². The Kier molecular flexibility index (Phi) is 7.94. The molecule has 34 heavy (non-hydrogen) atoms. The van der Waals surface area contributed by atoms with Crippen molar-refractivity contribution in [1.82, 2.24) is 9.21 Å². The van der Waals surface area contributed by atoms with E-state index in [1.54, 1.807) is 31.4 Å². The fourth-order valence-corrected chi connectivity index (χ4v) is 6.54. The van der Waals surface area contributed by atoms with Crippen LogP contribution in [0.2, 0.25) is 0 Å². The van der Waals surface area contributed by atoms with Crippen molar-refractivity contribution in [3.8, 4) is 5.75 Å². The van der Waals surface area contributed by atoms with Gasteiger partial charge in [0.15, 0.2) is 0 Å². The summed E-state index contributed by atoms with van der Waals surface area (Å²) in [6.45, 7) is 4.53. The molecule has 0 N–H and O–H groups in total. The summed E-state index contributed by atoms with van der Waals surface area (Å²) in [6.07, 6.45) is 5.56. The Morgan fingerprint density at radius 1 is 0.912 bits per heavy atom. The molecule has 2 aliphatic heterocycles. The summed E-state index contributed by atoms with van der Waals surface area (Å²) in [7, 11) is -1.99. The molecule has 0 unspecified atom stereocenters. The van der Waals surface area contributed by atoms with E-state index < -0.39 is 10.0 Å². The van der Waals surface area contributed by atoms with Gasteiger partial charge in [0.25, 0.3) is 0 Å². The molecule has 2 saturated heterocycles. The predicted octanol–water partition coefficient (Wildman–Crippen LogP) is 4.28. The molecule has 7 heteroatoms. The summed E-state index contributed by atoms with van der Waals surface area (Å²) in [5.74, 6) is 1.42. The van der Waals surface area contributed by atoms with E-state index in [0.717, 1.165) is 32.4 Å². The maximum atomic E-state index is 13.1. The zero-order valence-corrected chi connectivity index (χ0v) is 21.1. The van der Waals surface area contributed by atoms with Gasteiger partial charge in [-0.1, -0.05) is 29.8 Å². The number of carbonyl (C=O) groups is 1. The van der Waals surface area contributed by atoms with Crippen LogP contribution in [0.5, 0.6) is 5.75 Å². The molecular formula is C27H36N2O4S. The fraction of sp³-hybridized carbons (Fsp3) is 0.519. The van der Waals surface area contributed by atoms with Crippen molar-refractivity contribution in [2.24, 2.45) is 11.8 Å². The number of methoxy groups -OCH3 is 1. The van der Waals surface area contributed by atoms with E-state index in [0.29, 0.717) is 37.6 Å². The molecule has 184 valence electrons. The lowest BCUT2D eigenvalue weighted by atomic mass is 9.89. The molecular weight excluding hydrogens is 448 g/mol. The largest absolute Gasteiger partial charge is 0.497 e. The monoisotopic (exact) mass is 484 g/mol. The number of carbonyl (C=O) groups excluding carboxylic acids is 1. The highest BCUT2D eigenvalue weighted by molar-refractivity contribution is 7.89. The number of sulfonamides is 1. The minimum atomic E-state index is -3.55. The molecule has 2 fully saturated rings. The number of hydrogen-bond acceptors (Lipinski definition) is 4. The number of nitrogens with zero attached hydrogens (tertiary/aromatic N) is 2. The first kappa shape index (κ1) is 24.7. The summed E-state index contributed by atoms with van der Waals surface area (Å²) in [5.41, 5.74) is 2.68. The van der Waals surface area contributed by atoms with Crippen molar-refractivity contribution in [1.29, 1.82) is 0 Å². The van der Waals surface area contributed by atoms with Crippen molar-refractivity contribution >= 4 is 15.9 Å². The normalized spacial score (nSPS) is 18.7. The summed E-state index contributed by atoms with van der Waals surface area (Å²) >= 11 is 0. The zero-order chi connectivity index (χ0) is 24.1. The van der Waals surface area contributed by atoms with Gasteiger partial charge in [-0.3, -0.25) is 4.79 Å². The van der Waals surface area contributed by atoms with E-state index in [2.05, 4.69) is 31.2 Å². The lowest BCUT2D eigenvalue weighted by molar-refractivity contribution is -0.138. The van der Waals surface area contributed by atoms with Crippen LogP contribution in [-0.2, 0) is 21.2 Å². The molecule has 0 atom stereocenters. The zero-order valence-electron chi connectivity index (χ0n) is 20.3. The summed E-state index contributed by atoms with van der Waals surface area (Å²) < 4.78 is 32.6. The lowest BCUT2D eigenvalue weighted by Crippen LogP contribution is -2.46. The van der Waals surface area contributed by atoms with E-state index in [-0.39, 0.29) is 16.7 Å². The third-order valence-corrected chi connectivity index (χ3v) is 9.30. The number of piperidine rings is 2. The molecule has 0 spiro atoms. The number of amides is 1. The number of rotatable bonds is 7. The standard InChI is InChI=1S/C27H36N2O4S/c1-21-3-5-22(6-4-21)7-8-23-13-17-28(18-14-23)27(30)24-15-19-29(20-16-24)34(31,32)26-11-9-25(33-2)10-12-26/h3-6,9-12,23-24H,7-8,13-20H2,1-2H3. The quantitative estimate of drug-likeness (QED) is 0.589. The summed E-state index contributed by atoms with van der Waals surface area (Å²) in [6, 6.07) is 15.3. The van der Waals surface area contributed by atoms with Crippen molar-refractivity contribution in [3.63, 3.8) is 0 Å². The van der Waals surface area contributed by atoms with Gasteiger partial charge in [-0.15, -0.1) is 0 Å². The van der Waals surface area contributed by atoms with Crippen molar-refractivity contribution < 1.29 is 17.9 Å². The van der Waals surface area contributed by atoms with Gasteiger partial charge in [0, 0.05) is 32.1 Å². The lowest BCUT2D eigenvalue weighted by Gasteiger charge is -2.37. The number of benzene rings is 2. The van der Waals surface area contributed by atoms with Gasteiger partial charge in [0.1, 0.15) is 5.75 Å². The molecule has 0 aliphatic carbocycles. The summed E-state index contributed by atoms with van der Waals surface area (Å²) in [5, 5.41) is 0. The van der Waals surface area contributed by atoms with Gasteiger partial charge in [0.2, 0.25) is 15.9 Å². The molecule has 0 saturated carbocycles. The van der Waals surface area contributed by atoms with Crippen LogP contribution < -0.4 is 4.74 Å². The second-order valence-electron chi connectivity index (χ2n) is 9.65. The van der Waals surface area contributed by atoms with Gasteiger partial charge in [-0.2, -0.15) is 4.31 Å². The maximum absolute atomic E-state index is 13.1. The highest BCUT2D eigenvalue weighted by atomic mass is 32.2. The van der Waals surface area contributed by atoms with E-state index in [1.165, 1.54) is 21.9 Å². The van der Waals surface area contributed by atoms with Crippen LogP contribution in [-0.4, -0.2) is 56.8 Å². The number of ether oxygens (including phenoxy) is 1. The highest BCUT2D eigenvalue weighted by Gasteiger charge is 2.34. The number of hydrogen-bond donors (Lipinski definition) is 0. The fourth-order valence-electron chi connectivity index (χ4n) is 5.07. The Hall–Kier alpha value is -2.38. The van der Waals surface area contributed by atoms with Crippen LogP contribution in [0.15, 0.2) is 53.4 Å². The van der Waals surface area contributed by atoms with Crippen molar-refractivity contribution in [2.45, 2.75) is 50.3 Å². The van der Waals surface area contributed by atoms with Crippen LogP contribution >= 0.6 is 0 Å². The summed E-state index contributed by atoms with van der Waals surface area (Å²) in [4.78, 5) is 15.4. The van der Waals surface area contributed by atoms with Crippen LogP contribution in [0.4, 0.5) is 0 Å². The molecule has 0 aromatic heterocycles. The molecule has 1 amide bonds. The first-order valence-corrected chi connectivity index (χ1v) is 13.8. The molecule has 0 bridgehead atoms. The van der Waals surface area contributed by atoms with Crippen molar-refractivity contribution in [2.75, 3.05) is 33.3 Å². The van der Waals surface area contributed by atoms with E-state index in [4.69, 9.17) is 4.74 Å². The average Bonchev–Trinajstić information content (AvgIpc) is 2.88. The topological polar surface area (TPSA) is 66.9 Å². The van der Waals surface area contributed by atoms with Gasteiger partial charge >= 0.3 is 0 Å². The van der Waals surface area contributed by atoms with Crippen molar-refractivity contribution in [3.05, 3.63) is 59.7 Å². The Labute approximate surface area is 204 Å². The van der Waals surface area contributed by atoms with Crippen LogP contribution in [0.1, 0.15) is 43.2 Å². The molecule has 2 heterocycles. The molecule has 2 aromatic carbocycles. The maximum Gasteiger partial charge on any atom is 0.243 e. The SMILES string of the molecule is COc1ccc(S(=O)(=O)N2CCC(C(=O)N3CCC(CCc4ccc(C)cc4)CC3)CC2)cc1. The predicted molar refractivity (Wildman–Crippen MR) is 133 cm³/mol. The molecule has 6 nitrogen and oxygen atoms in total. The smallest absolute Gasteiger partial charge is 0.243 e. The second-order valence-corrected chi connectivity index (χ2v) is 11.6. The molecule has 2 aliphatic rings. The first-order valence-electron chi connectivity index (χ1n) is 12.4. The second kappa shape index (κ2) is 10.9. The van der Waals surface area contributed by atoms with Gasteiger partial charge in [-0.25, -0.2) is 8.42 Å². The Balaban J connectivity index is 1.23. The average molecular weight is 485 g/mol. The highest BCUT2D eigenvalue weighted by Crippen LogP contribution is 2.29. The third kappa shape index (κ3) is 5.81. The van der Waals surface area contributed by atoms with Gasteiger partial charge < -0.3 is 9.64 Å². The Morgan fingerprint density at radius 3 is 2.12 bits per heavy atom. The van der Waals surface area contributed by atoms with Crippen LogP contribution in [0, 0.1) is 18.8 Å². The van der Waals surface area contributed by atoms with E-state index in [1.807, 2.05) is 4.90 Å². The molecule has 0 radical (unpaired) electrons. The van der Waals surface area contributed by atoms with Crippen LogP contribution in [0.3, 0.4) is 0 Å².